The van der Waals surface area contributed by atoms with E-state index in [1.807, 2.05) is 0 Å². The van der Waals surface area contributed by atoms with Gasteiger partial charge in [0.1, 0.15) is 0 Å². The molecule has 44 heavy (non-hydrogen) atoms. The Morgan fingerprint density at radius 3 is 1.43 bits per heavy atom. The van der Waals surface area contributed by atoms with Crippen LogP contribution in [-0.2, 0) is 29.3 Å². The molecule has 0 heterocycles. The first kappa shape index (κ1) is 39.8. The zero-order valence-electron chi connectivity index (χ0n) is 28.6. The summed E-state index contributed by atoms with van der Waals surface area (Å²) < 4.78 is 0. The Bertz CT molecular complexity index is 1110. The first-order valence-electron chi connectivity index (χ1n) is 17.8. The molecule has 0 unspecified atom stereocenters. The summed E-state index contributed by atoms with van der Waals surface area (Å²) in [7, 11) is 0. The molecule has 0 aliphatic carbocycles. The van der Waals surface area contributed by atoms with Crippen LogP contribution in [0.3, 0.4) is 0 Å². The zero-order chi connectivity index (χ0) is 30.8. The number of allylic oxidation sites excluding steroid dienone is 4. The molecule has 3 heteroatoms. The Hall–Kier alpha value is -2.25. The van der Waals surface area contributed by atoms with E-state index in [0.717, 1.165) is 80.6 Å². The Kier molecular flexibility index (Phi) is 24.5. The fourth-order valence-electron chi connectivity index (χ4n) is 5.39. The predicted octanol–water partition coefficient (Wildman–Crippen LogP) is 13.4. The molecule has 0 aliphatic rings. The number of aryl methyl sites for hydroxylation is 2. The van der Waals surface area contributed by atoms with Crippen LogP contribution in [0, 0.1) is 0 Å². The molecule has 0 N–H and O–H groups in total. The van der Waals surface area contributed by atoms with E-state index in [9.17, 15) is 0 Å². The van der Waals surface area contributed by atoms with Crippen molar-refractivity contribution in [3.05, 3.63) is 84.0 Å². The smallest absolute Gasteiger partial charge is 0.0665 e. The van der Waals surface area contributed by atoms with Gasteiger partial charge in [0.25, 0.3) is 0 Å². The predicted molar refractivity (Wildman–Crippen MR) is 194 cm³/mol. The number of benzene rings is 2. The third kappa shape index (κ3) is 17.9. The largest absolute Gasteiger partial charge is 0.252 e. The van der Waals surface area contributed by atoms with Crippen molar-refractivity contribution in [2.45, 2.75) is 150 Å². The number of rotatable bonds is 24. The normalized spacial score (nSPS) is 12.4. The molecular weight excluding hydrogens is 579 g/mol. The van der Waals surface area contributed by atoms with E-state index in [0.29, 0.717) is 0 Å². The molecule has 2 aromatic rings. The minimum absolute atomic E-state index is 0. The van der Waals surface area contributed by atoms with Crippen LogP contribution in [-0.4, -0.2) is 11.4 Å². The van der Waals surface area contributed by atoms with Gasteiger partial charge in [0.2, 0.25) is 0 Å². The minimum atomic E-state index is 0. The van der Waals surface area contributed by atoms with Gasteiger partial charge in [-0.05, 0) is 107 Å². The molecule has 0 bridgehead atoms. The Balaban J connectivity index is 0.00000968. The summed E-state index contributed by atoms with van der Waals surface area (Å²) >= 11 is 0. The summed E-state index contributed by atoms with van der Waals surface area (Å²) in [4.78, 5) is 10.4. The van der Waals surface area contributed by atoms with Crippen LogP contribution >= 0.6 is 0 Å². The maximum absolute atomic E-state index is 5.26. The number of para-hydroxylation sites is 2. The van der Waals surface area contributed by atoms with Crippen LogP contribution in [0.2, 0.25) is 0 Å². The van der Waals surface area contributed by atoms with Crippen molar-refractivity contribution in [1.29, 1.82) is 0 Å². The molecule has 2 nitrogen and oxygen atoms in total. The summed E-state index contributed by atoms with van der Waals surface area (Å²) in [6, 6.07) is 17.4. The van der Waals surface area contributed by atoms with E-state index < -0.39 is 0 Å². The van der Waals surface area contributed by atoms with Gasteiger partial charge in [-0.3, -0.25) is 9.98 Å². The Labute approximate surface area is 282 Å². The maximum Gasteiger partial charge on any atom is 0.0665 e. The number of aliphatic imine (C=N–C) groups is 2. The monoisotopic (exact) mass is 640 g/mol. The van der Waals surface area contributed by atoms with Crippen molar-refractivity contribution < 1.29 is 16.5 Å². The van der Waals surface area contributed by atoms with Gasteiger partial charge in [-0.25, -0.2) is 0 Å². The summed E-state index contributed by atoms with van der Waals surface area (Å²) in [5, 5.41) is 0. The molecule has 2 aromatic carbocycles. The minimum Gasteiger partial charge on any atom is -0.252 e. The van der Waals surface area contributed by atoms with Gasteiger partial charge in [0.15, 0.2) is 0 Å². The second-order valence-electron chi connectivity index (χ2n) is 12.0. The molecule has 0 atom stereocenters. The van der Waals surface area contributed by atoms with Crippen molar-refractivity contribution in [1.82, 2.24) is 0 Å². The Morgan fingerprint density at radius 2 is 0.955 bits per heavy atom. The maximum atomic E-state index is 5.26. The third-order valence-electron chi connectivity index (χ3n) is 8.13. The first-order chi connectivity index (χ1) is 21.2. The fourth-order valence-corrected chi connectivity index (χ4v) is 5.39. The average Bonchev–Trinajstić information content (AvgIpc) is 3.02. The molecule has 2 rings (SSSR count). The molecule has 0 saturated carbocycles. The fraction of sp³-hybridized carbons (Fsp3) is 0.561. The van der Waals surface area contributed by atoms with Gasteiger partial charge < -0.3 is 0 Å². The average molecular weight is 642 g/mol. The second kappa shape index (κ2) is 27.1. The van der Waals surface area contributed by atoms with Gasteiger partial charge in [-0.1, -0.05) is 126 Å². The third-order valence-corrected chi connectivity index (χ3v) is 8.13. The molecule has 0 aliphatic heterocycles. The summed E-state index contributed by atoms with van der Waals surface area (Å²) in [5.41, 5.74) is 7.08. The molecule has 0 aromatic heterocycles. The van der Waals surface area contributed by atoms with Crippen LogP contribution in [0.4, 0.5) is 11.4 Å². The second-order valence-corrected chi connectivity index (χ2v) is 12.0. The van der Waals surface area contributed by atoms with E-state index in [1.165, 1.54) is 75.3 Å². The van der Waals surface area contributed by atoms with Gasteiger partial charge in [0.05, 0.1) is 22.8 Å². The van der Waals surface area contributed by atoms with Crippen molar-refractivity contribution in [2.24, 2.45) is 9.98 Å². The van der Waals surface area contributed by atoms with Crippen molar-refractivity contribution in [3.63, 3.8) is 0 Å². The number of hydrogen-bond acceptors (Lipinski definition) is 2. The molecule has 0 spiro atoms. The molecule has 246 valence electrons. The van der Waals surface area contributed by atoms with E-state index in [4.69, 9.17) is 9.98 Å². The number of nitrogens with zero attached hydrogens (tertiary/aromatic N) is 2. The number of hydrogen-bond donors (Lipinski definition) is 0. The summed E-state index contributed by atoms with van der Waals surface area (Å²) in [5.74, 6) is 0. The topological polar surface area (TPSA) is 24.7 Å². The van der Waals surface area contributed by atoms with E-state index >= 15 is 0 Å². The van der Waals surface area contributed by atoms with Crippen molar-refractivity contribution in [3.8, 4) is 0 Å². The van der Waals surface area contributed by atoms with E-state index in [1.54, 1.807) is 0 Å². The van der Waals surface area contributed by atoms with Gasteiger partial charge in [0, 0.05) is 16.5 Å². The van der Waals surface area contributed by atoms with E-state index in [2.05, 4.69) is 101 Å². The Morgan fingerprint density at radius 1 is 0.523 bits per heavy atom. The van der Waals surface area contributed by atoms with Gasteiger partial charge in [-0.15, -0.1) is 0 Å². The molecule has 0 amide bonds. The van der Waals surface area contributed by atoms with Crippen molar-refractivity contribution >= 4 is 22.8 Å². The summed E-state index contributed by atoms with van der Waals surface area (Å²) in [6.45, 7) is 8.95. The first-order valence-corrected chi connectivity index (χ1v) is 17.8. The quantitative estimate of drug-likeness (QED) is 0.0472. The summed E-state index contributed by atoms with van der Waals surface area (Å²) in [6.07, 6.45) is 32.6. The molecule has 0 fully saturated rings. The SMILES string of the molecule is CCCCCC/C=C/CCCc1ccccc1N=C(C)C(CCCC)=Nc1ccccc1CCC/C=C/CCCCCC.[Ni]. The van der Waals surface area contributed by atoms with E-state index in [-0.39, 0.29) is 16.5 Å². The van der Waals surface area contributed by atoms with Crippen LogP contribution in [0.25, 0.3) is 0 Å². The van der Waals surface area contributed by atoms with Crippen LogP contribution in [0.1, 0.15) is 148 Å². The molecule has 0 saturated heterocycles. The number of unbranched alkanes of at least 4 members (excludes halogenated alkanes) is 11. The van der Waals surface area contributed by atoms with Crippen LogP contribution in [0.15, 0.2) is 82.8 Å². The van der Waals surface area contributed by atoms with Crippen molar-refractivity contribution in [2.75, 3.05) is 0 Å². The van der Waals surface area contributed by atoms with Gasteiger partial charge in [-0.2, -0.15) is 0 Å². The van der Waals surface area contributed by atoms with Crippen LogP contribution in [0.5, 0.6) is 0 Å². The standard InChI is InChI=1S/C41H62N2.Ni/c1-5-8-11-13-15-17-19-21-23-29-37-31-25-27-34-40(37)42-36(4)39(33-10-7-3)43-41-35-28-26-32-38(41)30-24-22-20-18-16-14-12-9-6-2;/h17-20,25-28,31-32,34-35H,5-16,21-24,29-30,33H2,1-4H3;/b19-17+,20-18+,42-36?,43-39?;. The van der Waals surface area contributed by atoms with Gasteiger partial charge >= 0.3 is 0 Å². The molecular formula is C41H62N2Ni. The van der Waals surface area contributed by atoms with Crippen LogP contribution < -0.4 is 0 Å². The molecule has 0 radical (unpaired) electrons. The zero-order valence-corrected chi connectivity index (χ0v) is 29.6.